The van der Waals surface area contributed by atoms with E-state index in [0.29, 0.717) is 17.7 Å². The number of amides is 6. The van der Waals surface area contributed by atoms with Crippen molar-refractivity contribution in [3.05, 3.63) is 118 Å². The minimum absolute atomic E-state index is 0.00639. The van der Waals surface area contributed by atoms with Gasteiger partial charge in [0, 0.05) is 43.2 Å². The van der Waals surface area contributed by atoms with E-state index < -0.39 is 60.6 Å². The van der Waals surface area contributed by atoms with E-state index in [9.17, 15) is 39.0 Å². The first-order valence-corrected chi connectivity index (χ1v) is 19.2. The lowest BCUT2D eigenvalue weighted by Crippen LogP contribution is -2.52. The summed E-state index contributed by atoms with van der Waals surface area (Å²) in [7, 11) is 1.37. The third-order valence-corrected chi connectivity index (χ3v) is 10.3. The Balaban J connectivity index is 1.20. The second-order valence-corrected chi connectivity index (χ2v) is 14.7. The van der Waals surface area contributed by atoms with Crippen molar-refractivity contribution in [2.24, 2.45) is 5.73 Å². The van der Waals surface area contributed by atoms with E-state index in [1.807, 2.05) is 43.3 Å². The van der Waals surface area contributed by atoms with Gasteiger partial charge in [-0.2, -0.15) is 0 Å². The molecule has 1 aliphatic carbocycles. The van der Waals surface area contributed by atoms with Crippen molar-refractivity contribution in [1.82, 2.24) is 31.5 Å². The molecule has 9 N–H and O–H groups in total. The Labute approximate surface area is 341 Å². The fourth-order valence-corrected chi connectivity index (χ4v) is 6.84. The predicted octanol–water partition coefficient (Wildman–Crippen LogP) is 2.11. The lowest BCUT2D eigenvalue weighted by molar-refractivity contribution is -0.139. The zero-order valence-electron chi connectivity index (χ0n) is 32.8. The van der Waals surface area contributed by atoms with Crippen LogP contribution in [-0.4, -0.2) is 96.4 Å². The van der Waals surface area contributed by atoms with Crippen LogP contribution in [0.5, 0.6) is 11.5 Å². The fraction of sp³-hybridized carbons (Fsp3) is 0.273. The van der Waals surface area contributed by atoms with Gasteiger partial charge in [-0.1, -0.05) is 59.7 Å². The molecule has 2 aliphatic rings. The number of hydrogen-bond donors (Lipinski definition) is 8. The Bertz CT molecular complexity index is 2300. The van der Waals surface area contributed by atoms with E-state index in [1.165, 1.54) is 31.3 Å². The summed E-state index contributed by atoms with van der Waals surface area (Å²) in [6.45, 7) is 1.46. The molecule has 6 rings (SSSR count). The van der Waals surface area contributed by atoms with Crippen molar-refractivity contribution >= 4 is 35.4 Å². The molecule has 1 saturated carbocycles. The second kappa shape index (κ2) is 18.5. The number of nitrogens with two attached hydrogens (primary N) is 1. The molecule has 1 fully saturated rings. The highest BCUT2D eigenvalue weighted by molar-refractivity contribution is 5.98. The van der Waals surface area contributed by atoms with Crippen LogP contribution in [0.1, 0.15) is 45.9 Å². The number of nitrogens with zero attached hydrogens (tertiary/aromatic N) is 1. The second-order valence-electron chi connectivity index (χ2n) is 14.7. The molecule has 15 heteroatoms. The maximum absolute atomic E-state index is 13.9. The van der Waals surface area contributed by atoms with Crippen LogP contribution >= 0.6 is 0 Å². The maximum atomic E-state index is 13.9. The highest BCUT2D eigenvalue weighted by atomic mass is 16.3. The molecule has 2 atom stereocenters. The molecule has 6 amide bonds. The molecule has 4 aromatic rings. The van der Waals surface area contributed by atoms with Gasteiger partial charge < -0.3 is 47.4 Å². The van der Waals surface area contributed by atoms with Crippen LogP contribution in [-0.2, 0) is 30.4 Å². The molecule has 4 aromatic carbocycles. The molecule has 0 aromatic heterocycles. The largest absolute Gasteiger partial charge is 0.507 e. The first-order chi connectivity index (χ1) is 28.3. The zero-order valence-corrected chi connectivity index (χ0v) is 32.8. The molecular weight excluding hydrogens is 755 g/mol. The van der Waals surface area contributed by atoms with Gasteiger partial charge in [0.2, 0.25) is 29.5 Å². The number of nitrogens with one attached hydrogen (secondary N) is 5. The molecule has 1 heterocycles. The number of benzene rings is 4. The number of phenolic OH excluding ortho intramolecular Hbond substituents is 2. The summed E-state index contributed by atoms with van der Waals surface area (Å²) in [6, 6.07) is 21.2. The van der Waals surface area contributed by atoms with Crippen LogP contribution in [0, 0.1) is 6.92 Å². The molecule has 4 bridgehead atoms. The Hall–Kier alpha value is -7.00. The van der Waals surface area contributed by atoms with E-state index in [0.717, 1.165) is 45.6 Å². The number of carbonyl (C=O) groups is 6. The van der Waals surface area contributed by atoms with Crippen molar-refractivity contribution in [3.63, 3.8) is 0 Å². The molecule has 0 radical (unpaired) electrons. The standard InChI is InChI=1S/C44H47N7O8/c1-25-3-6-27(7-4-25)28-10-12-30(13-11-28)42(57)49-24-40(56)51(2)41-31-14-16-37(53)34(19-31)33-17-26(5-15-36(33)52)18-35(50-39(55)23-48-44(41)59)43(58)47-21-32(29-8-9-29)20-46-22-38(45)54/h3-7,10-17,19,35,41,46,52-53H,8-9,18,20-24H2,1-2H3,(H2,45,54)(H,47,58)(H,48,59)(H,49,57)(H,50,55). The number of phenols is 2. The van der Waals surface area contributed by atoms with Crippen LogP contribution in [0.25, 0.3) is 22.3 Å². The number of aryl methyl sites for hydroxylation is 1. The van der Waals surface area contributed by atoms with E-state index >= 15 is 0 Å². The van der Waals surface area contributed by atoms with Crippen LogP contribution in [0.15, 0.2) is 96.1 Å². The predicted molar refractivity (Wildman–Crippen MR) is 220 cm³/mol. The summed E-state index contributed by atoms with van der Waals surface area (Å²) in [6.07, 6.45) is 1.73. The van der Waals surface area contributed by atoms with Crippen molar-refractivity contribution in [2.75, 3.05) is 39.8 Å². The van der Waals surface area contributed by atoms with Crippen LogP contribution in [0.2, 0.25) is 0 Å². The smallest absolute Gasteiger partial charge is 0.251 e. The van der Waals surface area contributed by atoms with Crippen LogP contribution in [0.4, 0.5) is 0 Å². The van der Waals surface area contributed by atoms with Crippen LogP contribution in [0.3, 0.4) is 0 Å². The summed E-state index contributed by atoms with van der Waals surface area (Å²) in [5, 5.41) is 35.7. The molecular formula is C44H47N7O8. The van der Waals surface area contributed by atoms with Gasteiger partial charge in [-0.15, -0.1) is 0 Å². The van der Waals surface area contributed by atoms with Gasteiger partial charge in [-0.3, -0.25) is 28.8 Å². The Morgan fingerprint density at radius 1 is 0.797 bits per heavy atom. The van der Waals surface area contributed by atoms with Crippen molar-refractivity contribution in [1.29, 1.82) is 0 Å². The molecule has 306 valence electrons. The van der Waals surface area contributed by atoms with E-state index in [2.05, 4.69) is 26.6 Å². The average molecular weight is 802 g/mol. The van der Waals surface area contributed by atoms with Gasteiger partial charge >= 0.3 is 0 Å². The molecule has 1 aliphatic heterocycles. The van der Waals surface area contributed by atoms with Gasteiger partial charge in [-0.25, -0.2) is 0 Å². The monoisotopic (exact) mass is 801 g/mol. The number of carbonyl (C=O) groups excluding carboxylic acids is 6. The van der Waals surface area contributed by atoms with Crippen molar-refractivity contribution in [2.45, 2.75) is 38.3 Å². The first kappa shape index (κ1) is 41.6. The average Bonchev–Trinajstić information content (AvgIpc) is 4.07. The Morgan fingerprint density at radius 2 is 1.44 bits per heavy atom. The van der Waals surface area contributed by atoms with E-state index in [1.54, 1.807) is 24.3 Å². The number of fused-ring (bicyclic) bond motifs is 5. The summed E-state index contributed by atoms with van der Waals surface area (Å²) < 4.78 is 0. The van der Waals surface area contributed by atoms with Gasteiger partial charge in [0.15, 0.2) is 0 Å². The molecule has 59 heavy (non-hydrogen) atoms. The number of rotatable bonds is 12. The number of allylic oxidation sites excluding steroid dienone is 1. The Morgan fingerprint density at radius 3 is 2.10 bits per heavy atom. The minimum atomic E-state index is -1.36. The number of aromatic hydroxyl groups is 2. The van der Waals surface area contributed by atoms with Gasteiger partial charge in [0.05, 0.1) is 19.6 Å². The van der Waals surface area contributed by atoms with E-state index in [-0.39, 0.29) is 47.7 Å². The first-order valence-electron chi connectivity index (χ1n) is 19.2. The highest BCUT2D eigenvalue weighted by Crippen LogP contribution is 2.39. The SMILES string of the molecule is Cc1ccc(-c2ccc(C(=O)NCC(=O)N(C)C3C(=O)NCC(=O)NC(C(=O)NCC(CNCC(N)=O)=C4CC4)Cc4ccc(O)c(c4)-c4cc3ccc4O)cc2)cc1. The molecule has 0 saturated heterocycles. The summed E-state index contributed by atoms with van der Waals surface area (Å²) in [5.74, 6) is -4.04. The fourth-order valence-electron chi connectivity index (χ4n) is 6.84. The minimum Gasteiger partial charge on any atom is -0.507 e. The van der Waals surface area contributed by atoms with Gasteiger partial charge in [0.25, 0.3) is 5.91 Å². The zero-order chi connectivity index (χ0) is 42.2. The van der Waals surface area contributed by atoms with E-state index in [4.69, 9.17) is 5.73 Å². The maximum Gasteiger partial charge on any atom is 0.251 e. The van der Waals surface area contributed by atoms with Crippen molar-refractivity contribution in [3.8, 4) is 33.8 Å². The molecule has 15 nitrogen and oxygen atoms in total. The summed E-state index contributed by atoms with van der Waals surface area (Å²) in [4.78, 5) is 80.0. The Kier molecular flexibility index (Phi) is 13.1. The lowest BCUT2D eigenvalue weighted by Gasteiger charge is -2.29. The summed E-state index contributed by atoms with van der Waals surface area (Å²) >= 11 is 0. The number of likely N-dealkylation sites (N-methyl/N-ethyl adjacent to an activating group) is 1. The normalized spacial score (nSPS) is 16.1. The third-order valence-electron chi connectivity index (χ3n) is 10.3. The summed E-state index contributed by atoms with van der Waals surface area (Å²) in [5.41, 5.74) is 11.8. The third kappa shape index (κ3) is 10.7. The number of primary amides is 1. The highest BCUT2D eigenvalue weighted by Gasteiger charge is 2.31. The molecule has 2 unspecified atom stereocenters. The van der Waals surface area contributed by atoms with Gasteiger partial charge in [0.1, 0.15) is 23.6 Å². The molecule has 0 spiro atoms. The number of hydrogen-bond acceptors (Lipinski definition) is 9. The van der Waals surface area contributed by atoms with Gasteiger partial charge in [-0.05, 0) is 84.0 Å². The topological polar surface area (TPSA) is 232 Å². The van der Waals surface area contributed by atoms with Crippen molar-refractivity contribution < 1.29 is 39.0 Å². The lowest BCUT2D eigenvalue weighted by atomic mass is 9.94. The van der Waals surface area contributed by atoms with Crippen LogP contribution < -0.4 is 32.3 Å². The quantitative estimate of drug-likeness (QED) is 0.0980.